The summed E-state index contributed by atoms with van der Waals surface area (Å²) in [5.74, 6) is -0.0412. The first-order valence-electron chi connectivity index (χ1n) is 4.54. The Bertz CT molecular complexity index is 344. The van der Waals surface area contributed by atoms with Gasteiger partial charge >= 0.3 is 0 Å². The fourth-order valence-electron chi connectivity index (χ4n) is 1.20. The van der Waals surface area contributed by atoms with Gasteiger partial charge in [-0.05, 0) is 18.6 Å². The number of rotatable bonds is 4. The molecule has 0 radical (unpaired) electrons. The monoisotopic (exact) mass is 208 g/mol. The molecule has 0 aromatic rings. The molecular formula is C11H13FN2O. The van der Waals surface area contributed by atoms with Crippen molar-refractivity contribution in [3.05, 3.63) is 49.1 Å². The Hall–Kier alpha value is -1.84. The minimum absolute atomic E-state index is 0.141. The van der Waals surface area contributed by atoms with E-state index in [9.17, 15) is 9.18 Å². The lowest BCUT2D eigenvalue weighted by Gasteiger charge is -2.02. The minimum atomic E-state index is -0.387. The topological polar surface area (TPSA) is 41.1 Å². The highest BCUT2D eigenvalue weighted by Gasteiger charge is 2.24. The molecule has 15 heavy (non-hydrogen) atoms. The molecule has 1 aliphatic heterocycles. The lowest BCUT2D eigenvalue weighted by molar-refractivity contribution is -0.120. The summed E-state index contributed by atoms with van der Waals surface area (Å²) in [6.07, 6.45) is 5.92. The van der Waals surface area contributed by atoms with Crippen LogP contribution in [0, 0.1) is 0 Å². The van der Waals surface area contributed by atoms with E-state index in [0.29, 0.717) is 12.2 Å². The fraction of sp³-hybridized carbons (Fsp3) is 0.182. The summed E-state index contributed by atoms with van der Waals surface area (Å²) >= 11 is 0. The van der Waals surface area contributed by atoms with Crippen molar-refractivity contribution >= 4 is 5.91 Å². The van der Waals surface area contributed by atoms with Crippen LogP contribution in [-0.4, -0.2) is 11.9 Å². The molecule has 1 heterocycles. The third kappa shape index (κ3) is 3.42. The van der Waals surface area contributed by atoms with Crippen molar-refractivity contribution in [1.82, 2.24) is 10.6 Å². The predicted octanol–water partition coefficient (Wildman–Crippen LogP) is 1.53. The van der Waals surface area contributed by atoms with Crippen LogP contribution in [0.4, 0.5) is 4.39 Å². The molecule has 0 saturated carbocycles. The van der Waals surface area contributed by atoms with Crippen molar-refractivity contribution in [2.75, 3.05) is 0 Å². The van der Waals surface area contributed by atoms with E-state index in [1.807, 2.05) is 0 Å². The van der Waals surface area contributed by atoms with Gasteiger partial charge < -0.3 is 10.6 Å². The van der Waals surface area contributed by atoms with Gasteiger partial charge in [0.2, 0.25) is 5.91 Å². The average molecular weight is 208 g/mol. The number of carbonyl (C=O) groups excluding carboxylic acids is 1. The van der Waals surface area contributed by atoms with Crippen LogP contribution in [0.15, 0.2) is 49.1 Å². The molecule has 1 atom stereocenters. The van der Waals surface area contributed by atoms with Gasteiger partial charge in [-0.3, -0.25) is 4.79 Å². The van der Waals surface area contributed by atoms with Gasteiger partial charge in [0, 0.05) is 0 Å². The van der Waals surface area contributed by atoms with Crippen molar-refractivity contribution in [3.63, 3.8) is 0 Å². The van der Waals surface area contributed by atoms with Gasteiger partial charge in [0.25, 0.3) is 0 Å². The molecule has 0 bridgehead atoms. The highest BCUT2D eigenvalue weighted by atomic mass is 19.1. The molecular weight excluding hydrogens is 195 g/mol. The van der Waals surface area contributed by atoms with Crippen LogP contribution in [0.3, 0.4) is 0 Å². The summed E-state index contributed by atoms with van der Waals surface area (Å²) in [4.78, 5) is 11.2. The Morgan fingerprint density at radius 3 is 2.87 bits per heavy atom. The molecule has 0 spiro atoms. The lowest BCUT2D eigenvalue weighted by Crippen LogP contribution is -2.27. The van der Waals surface area contributed by atoms with Crippen LogP contribution in [0.5, 0.6) is 0 Å². The zero-order valence-corrected chi connectivity index (χ0v) is 8.29. The number of amides is 1. The third-order valence-electron chi connectivity index (χ3n) is 1.86. The number of carbonyl (C=O) groups is 1. The summed E-state index contributed by atoms with van der Waals surface area (Å²) in [6.45, 7) is 6.93. The number of allylic oxidation sites excluding steroid dienone is 4. The van der Waals surface area contributed by atoms with Gasteiger partial charge in [-0.25, -0.2) is 4.39 Å². The molecule has 2 N–H and O–H groups in total. The second kappa shape index (κ2) is 5.14. The van der Waals surface area contributed by atoms with E-state index in [1.54, 1.807) is 6.08 Å². The smallest absolute Gasteiger partial charge is 0.248 e. The van der Waals surface area contributed by atoms with E-state index in [2.05, 4.69) is 23.8 Å². The first kappa shape index (κ1) is 11.2. The fourth-order valence-corrected chi connectivity index (χ4v) is 1.20. The first-order valence-corrected chi connectivity index (χ1v) is 4.54. The second-order valence-corrected chi connectivity index (χ2v) is 3.09. The standard InChI is InChI=1S/C11H13FN2O/c1-3-5-9(12)6-4-7-10-11(15)14-8(2)13-10/h3-6,10,13H,1-2,7H2,(H,14,15)/b6-4-,9-5+. The molecule has 1 unspecified atom stereocenters. The molecule has 0 aliphatic carbocycles. The molecule has 0 aromatic heterocycles. The highest BCUT2D eigenvalue weighted by molar-refractivity contribution is 5.86. The zero-order chi connectivity index (χ0) is 11.3. The maximum atomic E-state index is 12.8. The van der Waals surface area contributed by atoms with Crippen molar-refractivity contribution in [3.8, 4) is 0 Å². The van der Waals surface area contributed by atoms with Crippen LogP contribution < -0.4 is 10.6 Å². The van der Waals surface area contributed by atoms with Crippen molar-refractivity contribution in [2.24, 2.45) is 0 Å². The quantitative estimate of drug-likeness (QED) is 0.688. The van der Waals surface area contributed by atoms with Gasteiger partial charge in [0.15, 0.2) is 0 Å². The van der Waals surface area contributed by atoms with Crippen LogP contribution in [0.25, 0.3) is 0 Å². The van der Waals surface area contributed by atoms with Crippen molar-refractivity contribution < 1.29 is 9.18 Å². The van der Waals surface area contributed by atoms with E-state index in [-0.39, 0.29) is 17.8 Å². The third-order valence-corrected chi connectivity index (χ3v) is 1.86. The van der Waals surface area contributed by atoms with Crippen LogP contribution in [0.2, 0.25) is 0 Å². The summed E-state index contributed by atoms with van der Waals surface area (Å²) in [5.41, 5.74) is 0. The lowest BCUT2D eigenvalue weighted by atomic mass is 10.2. The molecule has 80 valence electrons. The molecule has 1 rings (SSSR count). The molecule has 4 heteroatoms. The SMILES string of the molecule is C=C/C=C(F)\C=C/CC1NC(=C)NC1=O. The van der Waals surface area contributed by atoms with Crippen molar-refractivity contribution in [2.45, 2.75) is 12.5 Å². The number of halogens is 1. The molecule has 3 nitrogen and oxygen atoms in total. The Balaban J connectivity index is 2.44. The Labute approximate surface area is 88.1 Å². The van der Waals surface area contributed by atoms with E-state index < -0.39 is 0 Å². The van der Waals surface area contributed by atoms with E-state index in [1.165, 1.54) is 18.2 Å². The second-order valence-electron chi connectivity index (χ2n) is 3.09. The van der Waals surface area contributed by atoms with E-state index in [0.717, 1.165) is 0 Å². The van der Waals surface area contributed by atoms with Gasteiger partial charge in [0.05, 0.1) is 5.82 Å². The summed E-state index contributed by atoms with van der Waals surface area (Å²) in [6, 6.07) is -0.356. The molecule has 1 fully saturated rings. The first-order chi connectivity index (χ1) is 7.13. The van der Waals surface area contributed by atoms with Gasteiger partial charge in [-0.15, -0.1) is 0 Å². The number of hydrogen-bond acceptors (Lipinski definition) is 2. The Morgan fingerprint density at radius 1 is 1.60 bits per heavy atom. The average Bonchev–Trinajstić information content (AvgIpc) is 2.46. The van der Waals surface area contributed by atoms with Crippen LogP contribution >= 0.6 is 0 Å². The molecule has 1 aliphatic rings. The molecule has 1 amide bonds. The summed E-state index contributed by atoms with van der Waals surface area (Å²) in [7, 11) is 0. The Morgan fingerprint density at radius 2 is 2.33 bits per heavy atom. The van der Waals surface area contributed by atoms with Crippen LogP contribution in [0.1, 0.15) is 6.42 Å². The molecule has 1 saturated heterocycles. The summed E-state index contributed by atoms with van der Waals surface area (Å²) in [5, 5.41) is 5.37. The largest absolute Gasteiger partial charge is 0.360 e. The van der Waals surface area contributed by atoms with Gasteiger partial charge in [0.1, 0.15) is 11.9 Å². The molecule has 0 aromatic carbocycles. The number of hydrogen-bond donors (Lipinski definition) is 2. The maximum Gasteiger partial charge on any atom is 0.248 e. The van der Waals surface area contributed by atoms with Gasteiger partial charge in [-0.1, -0.05) is 25.3 Å². The zero-order valence-electron chi connectivity index (χ0n) is 8.29. The Kier molecular flexibility index (Phi) is 3.85. The van der Waals surface area contributed by atoms with E-state index >= 15 is 0 Å². The van der Waals surface area contributed by atoms with Crippen LogP contribution in [-0.2, 0) is 4.79 Å². The minimum Gasteiger partial charge on any atom is -0.360 e. The maximum absolute atomic E-state index is 12.8. The summed E-state index contributed by atoms with van der Waals surface area (Å²) < 4.78 is 12.8. The van der Waals surface area contributed by atoms with E-state index in [4.69, 9.17) is 0 Å². The highest BCUT2D eigenvalue weighted by Crippen LogP contribution is 2.06. The normalized spacial score (nSPS) is 21.7. The van der Waals surface area contributed by atoms with Crippen molar-refractivity contribution in [1.29, 1.82) is 0 Å². The number of nitrogens with one attached hydrogen (secondary N) is 2. The predicted molar refractivity (Wildman–Crippen MR) is 57.4 cm³/mol. The van der Waals surface area contributed by atoms with Gasteiger partial charge in [-0.2, -0.15) is 0 Å².